The maximum Gasteiger partial charge on any atom is 0.237 e. The number of anilines is 1. The molecule has 0 saturated heterocycles. The van der Waals surface area contributed by atoms with Crippen LogP contribution in [0, 0.1) is 6.92 Å². The summed E-state index contributed by atoms with van der Waals surface area (Å²) in [7, 11) is 1.64. The van der Waals surface area contributed by atoms with Gasteiger partial charge in [-0.25, -0.2) is 0 Å². The van der Waals surface area contributed by atoms with Crippen LogP contribution in [0.15, 0.2) is 84.0 Å². The van der Waals surface area contributed by atoms with Crippen molar-refractivity contribution in [2.24, 2.45) is 0 Å². The number of methoxy groups -OCH3 is 1. The van der Waals surface area contributed by atoms with E-state index in [-0.39, 0.29) is 11.2 Å². The lowest BCUT2D eigenvalue weighted by molar-refractivity contribution is -0.115. The molecule has 1 atom stereocenters. The molecule has 0 fully saturated rings. The minimum Gasteiger partial charge on any atom is -0.497 e. The van der Waals surface area contributed by atoms with Crippen molar-refractivity contribution in [1.29, 1.82) is 0 Å². The van der Waals surface area contributed by atoms with Gasteiger partial charge in [0.25, 0.3) is 0 Å². The highest BCUT2D eigenvalue weighted by atomic mass is 32.2. The van der Waals surface area contributed by atoms with Crippen LogP contribution in [0.4, 0.5) is 5.69 Å². The van der Waals surface area contributed by atoms with Crippen LogP contribution in [0.25, 0.3) is 17.1 Å². The Hall–Kier alpha value is -3.58. The summed E-state index contributed by atoms with van der Waals surface area (Å²) in [6, 6.07) is 25.3. The number of ether oxygens (including phenoxy) is 1. The molecule has 32 heavy (non-hydrogen) atoms. The summed E-state index contributed by atoms with van der Waals surface area (Å²) in [6.45, 7) is 3.84. The average Bonchev–Trinajstić information content (AvgIpc) is 3.24. The number of thioether (sulfide) groups is 1. The van der Waals surface area contributed by atoms with Crippen LogP contribution in [0.5, 0.6) is 5.75 Å². The van der Waals surface area contributed by atoms with Gasteiger partial charge in [-0.05, 0) is 61.9 Å². The predicted octanol–water partition coefficient (Wildman–Crippen LogP) is 5.37. The maximum absolute atomic E-state index is 12.9. The summed E-state index contributed by atoms with van der Waals surface area (Å²) in [5.41, 5.74) is 3.67. The smallest absolute Gasteiger partial charge is 0.237 e. The van der Waals surface area contributed by atoms with Crippen LogP contribution < -0.4 is 10.1 Å². The Morgan fingerprint density at radius 1 is 0.969 bits per heavy atom. The number of nitrogens with zero attached hydrogens (tertiary/aromatic N) is 3. The Balaban J connectivity index is 1.64. The molecule has 1 unspecified atom stereocenters. The van der Waals surface area contributed by atoms with Crippen molar-refractivity contribution in [2.75, 3.05) is 12.4 Å². The highest BCUT2D eigenvalue weighted by Crippen LogP contribution is 2.31. The van der Waals surface area contributed by atoms with Crippen molar-refractivity contribution in [3.8, 4) is 22.8 Å². The molecule has 0 aliphatic rings. The van der Waals surface area contributed by atoms with Crippen molar-refractivity contribution in [1.82, 2.24) is 14.8 Å². The predicted molar refractivity (Wildman–Crippen MR) is 128 cm³/mol. The third kappa shape index (κ3) is 4.68. The molecule has 1 N–H and O–H groups in total. The van der Waals surface area contributed by atoms with Gasteiger partial charge in [0, 0.05) is 16.9 Å². The van der Waals surface area contributed by atoms with E-state index in [1.165, 1.54) is 11.8 Å². The van der Waals surface area contributed by atoms with Gasteiger partial charge in [-0.1, -0.05) is 48.2 Å². The van der Waals surface area contributed by atoms with Gasteiger partial charge >= 0.3 is 0 Å². The fourth-order valence-electron chi connectivity index (χ4n) is 3.24. The molecule has 0 bridgehead atoms. The first-order valence-corrected chi connectivity index (χ1v) is 11.1. The number of benzene rings is 3. The number of rotatable bonds is 7. The molecule has 7 heteroatoms. The van der Waals surface area contributed by atoms with Crippen LogP contribution in [0.1, 0.15) is 12.5 Å². The fraction of sp³-hybridized carbons (Fsp3) is 0.160. The Bertz CT molecular complexity index is 1210. The lowest BCUT2D eigenvalue weighted by Crippen LogP contribution is -2.23. The topological polar surface area (TPSA) is 69.0 Å². The number of para-hydroxylation sites is 2. The Labute approximate surface area is 191 Å². The first kappa shape index (κ1) is 21.6. The Morgan fingerprint density at radius 2 is 1.66 bits per heavy atom. The van der Waals surface area contributed by atoms with Crippen LogP contribution in [-0.2, 0) is 4.79 Å². The summed E-state index contributed by atoms with van der Waals surface area (Å²) in [5.74, 6) is 1.39. The van der Waals surface area contributed by atoms with Gasteiger partial charge in [0.2, 0.25) is 5.91 Å². The third-order valence-corrected chi connectivity index (χ3v) is 6.09. The molecular weight excluding hydrogens is 420 g/mol. The van der Waals surface area contributed by atoms with E-state index < -0.39 is 0 Å². The van der Waals surface area contributed by atoms with Crippen LogP contribution in [0.3, 0.4) is 0 Å². The number of aryl methyl sites for hydroxylation is 1. The van der Waals surface area contributed by atoms with E-state index in [1.54, 1.807) is 7.11 Å². The molecule has 4 rings (SSSR count). The van der Waals surface area contributed by atoms with Crippen LogP contribution in [0.2, 0.25) is 0 Å². The van der Waals surface area contributed by atoms with Crippen LogP contribution >= 0.6 is 11.8 Å². The molecule has 1 aromatic heterocycles. The van der Waals surface area contributed by atoms with Crippen LogP contribution in [-0.4, -0.2) is 33.0 Å². The number of aromatic nitrogens is 3. The molecule has 0 saturated carbocycles. The summed E-state index contributed by atoms with van der Waals surface area (Å²) < 4.78 is 7.25. The van der Waals surface area contributed by atoms with Crippen molar-refractivity contribution in [3.63, 3.8) is 0 Å². The van der Waals surface area contributed by atoms with Gasteiger partial charge < -0.3 is 10.1 Å². The quantitative estimate of drug-likeness (QED) is 0.388. The second-order valence-corrected chi connectivity index (χ2v) is 8.58. The Morgan fingerprint density at radius 3 is 2.34 bits per heavy atom. The minimum absolute atomic E-state index is 0.0853. The summed E-state index contributed by atoms with van der Waals surface area (Å²) in [5, 5.41) is 12.2. The molecule has 1 amide bonds. The second kappa shape index (κ2) is 9.70. The molecule has 1 heterocycles. The first-order chi connectivity index (χ1) is 15.6. The standard InChI is InChI=1S/C25H24N4O2S/c1-17-9-7-8-12-22(17)26-24(30)18(2)32-25-28-27-23(19-13-15-21(31-3)16-14-19)29(25)20-10-5-4-6-11-20/h4-16,18H,1-3H3,(H,26,30). The highest BCUT2D eigenvalue weighted by molar-refractivity contribution is 8.00. The number of carbonyl (C=O) groups excluding carboxylic acids is 1. The van der Waals surface area contributed by atoms with Gasteiger partial charge in [0.15, 0.2) is 11.0 Å². The Kier molecular flexibility index (Phi) is 6.56. The highest BCUT2D eigenvalue weighted by Gasteiger charge is 2.22. The summed E-state index contributed by atoms with van der Waals surface area (Å²) in [4.78, 5) is 12.9. The largest absolute Gasteiger partial charge is 0.497 e. The zero-order valence-corrected chi connectivity index (χ0v) is 19.0. The monoisotopic (exact) mass is 444 g/mol. The molecule has 162 valence electrons. The lowest BCUT2D eigenvalue weighted by atomic mass is 10.2. The lowest BCUT2D eigenvalue weighted by Gasteiger charge is -2.15. The van der Waals surface area contributed by atoms with E-state index in [0.717, 1.165) is 28.3 Å². The fourth-order valence-corrected chi connectivity index (χ4v) is 4.11. The molecule has 4 aromatic rings. The first-order valence-electron chi connectivity index (χ1n) is 10.2. The molecule has 0 aliphatic carbocycles. The van der Waals surface area contributed by atoms with Gasteiger partial charge in [-0.2, -0.15) is 0 Å². The number of hydrogen-bond acceptors (Lipinski definition) is 5. The summed E-state index contributed by atoms with van der Waals surface area (Å²) >= 11 is 1.37. The zero-order valence-electron chi connectivity index (χ0n) is 18.1. The SMILES string of the molecule is COc1ccc(-c2nnc(SC(C)C(=O)Nc3ccccc3C)n2-c2ccccc2)cc1. The van der Waals surface area contributed by atoms with Crippen molar-refractivity contribution in [2.45, 2.75) is 24.3 Å². The van der Waals surface area contributed by atoms with Gasteiger partial charge in [-0.15, -0.1) is 10.2 Å². The number of nitrogens with one attached hydrogen (secondary N) is 1. The third-order valence-electron chi connectivity index (χ3n) is 5.05. The molecule has 0 radical (unpaired) electrons. The minimum atomic E-state index is -0.370. The molecule has 0 spiro atoms. The van der Waals surface area contributed by atoms with E-state index in [1.807, 2.05) is 97.3 Å². The van der Waals surface area contributed by atoms with Gasteiger partial charge in [-0.3, -0.25) is 9.36 Å². The maximum atomic E-state index is 12.9. The zero-order chi connectivity index (χ0) is 22.5. The average molecular weight is 445 g/mol. The van der Waals surface area contributed by atoms with E-state index in [4.69, 9.17) is 4.74 Å². The molecular formula is C25H24N4O2S. The number of amides is 1. The second-order valence-electron chi connectivity index (χ2n) is 7.27. The number of hydrogen-bond donors (Lipinski definition) is 1. The van der Waals surface area contributed by atoms with E-state index >= 15 is 0 Å². The van der Waals surface area contributed by atoms with Crippen molar-refractivity contribution >= 4 is 23.4 Å². The molecule has 0 aliphatic heterocycles. The van der Waals surface area contributed by atoms with E-state index in [0.29, 0.717) is 11.0 Å². The number of carbonyl (C=O) groups is 1. The molecule has 6 nitrogen and oxygen atoms in total. The summed E-state index contributed by atoms with van der Waals surface area (Å²) in [6.07, 6.45) is 0. The van der Waals surface area contributed by atoms with Crippen molar-refractivity contribution < 1.29 is 9.53 Å². The van der Waals surface area contributed by atoms with E-state index in [2.05, 4.69) is 15.5 Å². The van der Waals surface area contributed by atoms with E-state index in [9.17, 15) is 4.79 Å². The molecule has 3 aromatic carbocycles. The van der Waals surface area contributed by atoms with Gasteiger partial charge in [0.05, 0.1) is 12.4 Å². The van der Waals surface area contributed by atoms with Gasteiger partial charge in [0.1, 0.15) is 5.75 Å². The van der Waals surface area contributed by atoms with Crippen molar-refractivity contribution in [3.05, 3.63) is 84.4 Å². The normalized spacial score (nSPS) is 11.7.